The van der Waals surface area contributed by atoms with E-state index in [1.54, 1.807) is 0 Å². The summed E-state index contributed by atoms with van der Waals surface area (Å²) >= 11 is 0. The first kappa shape index (κ1) is 16.9. The molecule has 0 atom stereocenters. The largest absolute Gasteiger partial charge is 2.00 e. The van der Waals surface area contributed by atoms with Gasteiger partial charge in [-0.05, 0) is 0 Å². The molecule has 0 N–H and O–H groups in total. The van der Waals surface area contributed by atoms with Crippen LogP contribution in [0.1, 0.15) is 0 Å². The third-order valence-electron chi connectivity index (χ3n) is 0.500. The second-order valence-electron chi connectivity index (χ2n) is 1.53. The molecule has 0 aromatic carbocycles. The minimum absolute atomic E-state index is 0. The standard InChI is InChI=1S/C2H4O2.Mg.H2O7S2/c1-2-4-3-1;;1-8(2,3)7-9(4,5)6/h1-2H2;;(H,1,2,3)(H,4,5,6)/q;+2;/p-2. The third-order valence-corrected chi connectivity index (χ3v) is 1.83. The fourth-order valence-electron chi connectivity index (χ4n) is 0.185. The average Bonchev–Trinajstić information content (AvgIpc) is 1.42. The van der Waals surface area contributed by atoms with Crippen molar-refractivity contribution in [2.24, 2.45) is 0 Å². The van der Waals surface area contributed by atoms with E-state index in [4.69, 9.17) is 0 Å². The van der Waals surface area contributed by atoms with Gasteiger partial charge in [-0.2, -0.15) is 3.63 Å². The molecular formula is C2H4MgO9S2. The van der Waals surface area contributed by atoms with Gasteiger partial charge in [-0.15, -0.1) is 0 Å². The Hall–Kier alpha value is 0.466. The van der Waals surface area contributed by atoms with E-state index in [0.29, 0.717) is 0 Å². The van der Waals surface area contributed by atoms with Gasteiger partial charge < -0.3 is 9.11 Å². The molecule has 1 aliphatic rings. The summed E-state index contributed by atoms with van der Waals surface area (Å²) in [6.07, 6.45) is 0. The van der Waals surface area contributed by atoms with Crippen molar-refractivity contribution >= 4 is 43.9 Å². The maximum atomic E-state index is 9.29. The first-order chi connectivity index (χ1) is 5.71. The summed E-state index contributed by atoms with van der Waals surface area (Å²) in [6, 6.07) is 0. The van der Waals surface area contributed by atoms with Gasteiger partial charge in [-0.1, -0.05) is 0 Å². The van der Waals surface area contributed by atoms with Crippen LogP contribution in [0.25, 0.3) is 0 Å². The van der Waals surface area contributed by atoms with Crippen LogP contribution in [-0.2, 0) is 34.2 Å². The first-order valence-corrected chi connectivity index (χ1v) is 5.24. The van der Waals surface area contributed by atoms with Crippen molar-refractivity contribution < 1.29 is 39.3 Å². The van der Waals surface area contributed by atoms with Crippen molar-refractivity contribution in [3.8, 4) is 0 Å². The van der Waals surface area contributed by atoms with Gasteiger partial charge in [0.25, 0.3) is 0 Å². The van der Waals surface area contributed by atoms with E-state index in [1.807, 2.05) is 0 Å². The Morgan fingerprint density at radius 2 is 1.14 bits per heavy atom. The van der Waals surface area contributed by atoms with Gasteiger partial charge in [0.05, 0.1) is 0 Å². The van der Waals surface area contributed by atoms with Crippen LogP contribution in [0.15, 0.2) is 0 Å². The van der Waals surface area contributed by atoms with E-state index in [9.17, 15) is 25.9 Å². The molecule has 0 bridgehead atoms. The molecule has 12 heteroatoms. The Morgan fingerprint density at radius 1 is 0.929 bits per heavy atom. The Kier molecular flexibility index (Phi) is 8.27. The molecule has 0 saturated carbocycles. The molecule has 0 spiro atoms. The van der Waals surface area contributed by atoms with E-state index < -0.39 is 20.8 Å². The number of hydrogen-bond donors (Lipinski definition) is 0. The second-order valence-corrected chi connectivity index (χ2v) is 3.71. The summed E-state index contributed by atoms with van der Waals surface area (Å²) < 4.78 is 58.2. The normalized spacial score (nSPS) is 15.6. The average molecular weight is 260 g/mol. The van der Waals surface area contributed by atoms with E-state index in [0.717, 1.165) is 13.2 Å². The zero-order chi connectivity index (χ0) is 10.5. The first-order valence-electron chi connectivity index (χ1n) is 2.58. The summed E-state index contributed by atoms with van der Waals surface area (Å²) in [5.74, 6) is 0. The molecule has 1 fully saturated rings. The van der Waals surface area contributed by atoms with Crippen molar-refractivity contribution in [2.45, 2.75) is 0 Å². The van der Waals surface area contributed by atoms with Crippen molar-refractivity contribution in [3.63, 3.8) is 0 Å². The SMILES string of the molecule is C1COO1.O=S(=O)([O-])OS(=O)(=O)[O-].[Mg+2]. The minimum Gasteiger partial charge on any atom is -0.725 e. The van der Waals surface area contributed by atoms with Gasteiger partial charge >= 0.3 is 23.1 Å². The molecule has 0 aromatic heterocycles. The third kappa shape index (κ3) is 15.0. The Bertz CT molecular complexity index is 290. The van der Waals surface area contributed by atoms with Crippen LogP contribution in [0.5, 0.6) is 0 Å². The van der Waals surface area contributed by atoms with Crippen LogP contribution in [0, 0.1) is 0 Å². The van der Waals surface area contributed by atoms with E-state index >= 15 is 0 Å². The van der Waals surface area contributed by atoms with Crippen LogP contribution in [0.4, 0.5) is 0 Å². The van der Waals surface area contributed by atoms with Crippen molar-refractivity contribution in [1.29, 1.82) is 0 Å². The van der Waals surface area contributed by atoms with Crippen molar-refractivity contribution in [3.05, 3.63) is 0 Å². The molecule has 0 radical (unpaired) electrons. The topological polar surface area (TPSA) is 142 Å². The molecular weight excluding hydrogens is 256 g/mol. The van der Waals surface area contributed by atoms with Gasteiger partial charge in [0.15, 0.2) is 0 Å². The fourth-order valence-corrected chi connectivity index (χ4v) is 1.00. The molecule has 0 unspecified atom stereocenters. The molecule has 1 saturated heterocycles. The molecule has 80 valence electrons. The molecule has 14 heavy (non-hydrogen) atoms. The smallest absolute Gasteiger partial charge is 0.725 e. The summed E-state index contributed by atoms with van der Waals surface area (Å²) in [7, 11) is -10.9. The van der Waals surface area contributed by atoms with Crippen molar-refractivity contribution in [1.82, 2.24) is 0 Å². The molecule has 0 aliphatic carbocycles. The van der Waals surface area contributed by atoms with Gasteiger partial charge in [0.2, 0.25) is 20.8 Å². The molecule has 9 nitrogen and oxygen atoms in total. The number of rotatable bonds is 2. The molecule has 1 rings (SSSR count). The maximum absolute atomic E-state index is 9.29. The predicted octanol–water partition coefficient (Wildman–Crippen LogP) is -2.51. The minimum atomic E-state index is -5.43. The molecule has 0 amide bonds. The Balaban J connectivity index is 0. The van der Waals surface area contributed by atoms with Crippen LogP contribution in [0.3, 0.4) is 0 Å². The monoisotopic (exact) mass is 260 g/mol. The molecule has 1 heterocycles. The fraction of sp³-hybridized carbons (Fsp3) is 1.00. The maximum Gasteiger partial charge on any atom is 2.00 e. The van der Waals surface area contributed by atoms with Crippen LogP contribution in [0.2, 0.25) is 0 Å². The Labute approximate surface area is 96.3 Å². The van der Waals surface area contributed by atoms with Crippen LogP contribution in [-0.4, -0.2) is 62.2 Å². The summed E-state index contributed by atoms with van der Waals surface area (Å²) in [6.45, 7) is 1.56. The van der Waals surface area contributed by atoms with E-state index in [2.05, 4.69) is 13.4 Å². The Morgan fingerprint density at radius 3 is 1.14 bits per heavy atom. The summed E-state index contributed by atoms with van der Waals surface area (Å²) in [4.78, 5) is 8.44. The second kappa shape index (κ2) is 6.86. The summed E-state index contributed by atoms with van der Waals surface area (Å²) in [5.41, 5.74) is 0. The van der Waals surface area contributed by atoms with E-state index in [-0.39, 0.29) is 23.1 Å². The predicted molar refractivity (Wildman–Crippen MR) is 38.1 cm³/mol. The van der Waals surface area contributed by atoms with Gasteiger partial charge in [-0.3, -0.25) is 0 Å². The molecule has 0 aromatic rings. The van der Waals surface area contributed by atoms with Gasteiger partial charge in [0, 0.05) is 0 Å². The zero-order valence-corrected chi connectivity index (χ0v) is 9.66. The summed E-state index contributed by atoms with van der Waals surface area (Å²) in [5, 5.41) is 0. The van der Waals surface area contributed by atoms with Crippen molar-refractivity contribution in [2.75, 3.05) is 13.2 Å². The zero-order valence-electron chi connectivity index (χ0n) is 6.61. The quantitative estimate of drug-likeness (QED) is 0.227. The van der Waals surface area contributed by atoms with Gasteiger partial charge in [0.1, 0.15) is 13.2 Å². The van der Waals surface area contributed by atoms with E-state index in [1.165, 1.54) is 0 Å². The molecule has 1 aliphatic heterocycles. The van der Waals surface area contributed by atoms with Crippen LogP contribution < -0.4 is 0 Å². The number of hydrogen-bond acceptors (Lipinski definition) is 9. The van der Waals surface area contributed by atoms with Crippen LogP contribution >= 0.6 is 0 Å². The van der Waals surface area contributed by atoms with Gasteiger partial charge in [-0.25, -0.2) is 26.6 Å².